The second-order valence-corrected chi connectivity index (χ2v) is 9.56. The minimum atomic E-state index is -3.80. The molecule has 0 aliphatic carbocycles. The number of alkyl halides is 6. The summed E-state index contributed by atoms with van der Waals surface area (Å²) < 4.78 is 29.5. The van der Waals surface area contributed by atoms with Crippen LogP contribution >= 0.6 is 77.4 Å². The van der Waals surface area contributed by atoms with E-state index in [0.717, 1.165) is 0 Å². The summed E-state index contributed by atoms with van der Waals surface area (Å²) in [5.41, 5.74) is 0. The maximum Gasteiger partial charge on any atom is 0.474 e. The van der Waals surface area contributed by atoms with Crippen LogP contribution < -0.4 is 0 Å². The standard InChI is InChI=1S/C15H27Cl6O4P/c16-4-1-13(7-19)10-23-26(22,24-11-14(8-20)2-5-17)25-12-15(9-21)3-6-18/h13-15H,1-12H2. The molecule has 0 rings (SSSR count). The number of phosphoric acid groups is 1. The first-order chi connectivity index (χ1) is 12.5. The van der Waals surface area contributed by atoms with E-state index in [1.807, 2.05) is 0 Å². The molecule has 3 atom stereocenters. The SMILES string of the molecule is O=P(OCC(CCl)CCCl)(OCC(CCl)CCCl)OCC(CCl)CCCl. The Morgan fingerprint density at radius 1 is 0.577 bits per heavy atom. The van der Waals surface area contributed by atoms with E-state index in [-0.39, 0.29) is 37.6 Å². The fraction of sp³-hybridized carbons (Fsp3) is 1.00. The second kappa shape index (κ2) is 17.7. The first-order valence-electron chi connectivity index (χ1n) is 8.37. The largest absolute Gasteiger partial charge is 0.474 e. The van der Waals surface area contributed by atoms with Gasteiger partial charge in [-0.15, -0.1) is 69.6 Å². The van der Waals surface area contributed by atoms with Gasteiger partial charge in [-0.2, -0.15) is 0 Å². The summed E-state index contributed by atoms with van der Waals surface area (Å²) in [6.07, 6.45) is 1.91. The Hall–Kier alpha value is 1.85. The zero-order valence-electron chi connectivity index (χ0n) is 14.6. The molecule has 0 N–H and O–H groups in total. The van der Waals surface area contributed by atoms with E-state index in [1.165, 1.54) is 0 Å². The first-order valence-corrected chi connectivity index (χ1v) is 13.0. The first kappa shape index (κ1) is 27.8. The Morgan fingerprint density at radius 2 is 0.846 bits per heavy atom. The zero-order chi connectivity index (χ0) is 19.8. The third-order valence-electron chi connectivity index (χ3n) is 3.61. The van der Waals surface area contributed by atoms with Gasteiger partial charge in [0.1, 0.15) is 0 Å². The molecule has 0 spiro atoms. The van der Waals surface area contributed by atoms with Crippen LogP contribution in [-0.4, -0.2) is 55.1 Å². The van der Waals surface area contributed by atoms with Crippen molar-refractivity contribution < 1.29 is 18.1 Å². The fourth-order valence-electron chi connectivity index (χ4n) is 1.78. The van der Waals surface area contributed by atoms with Crippen LogP contribution in [0.5, 0.6) is 0 Å². The van der Waals surface area contributed by atoms with Crippen molar-refractivity contribution in [1.29, 1.82) is 0 Å². The number of halogens is 6. The van der Waals surface area contributed by atoms with Crippen molar-refractivity contribution in [2.24, 2.45) is 17.8 Å². The lowest BCUT2D eigenvalue weighted by Crippen LogP contribution is -2.18. The van der Waals surface area contributed by atoms with Gasteiger partial charge >= 0.3 is 7.82 Å². The molecule has 0 radical (unpaired) electrons. The smallest absolute Gasteiger partial charge is 0.287 e. The van der Waals surface area contributed by atoms with Crippen molar-refractivity contribution in [1.82, 2.24) is 0 Å². The van der Waals surface area contributed by atoms with Gasteiger partial charge in [0.15, 0.2) is 0 Å². The lowest BCUT2D eigenvalue weighted by Gasteiger charge is -2.24. The number of phosphoric ester groups is 1. The molecule has 0 aliphatic rings. The molecule has 0 heterocycles. The van der Waals surface area contributed by atoms with Gasteiger partial charge in [-0.1, -0.05) is 0 Å². The quantitative estimate of drug-likeness (QED) is 0.153. The van der Waals surface area contributed by atoms with Crippen LogP contribution in [0.3, 0.4) is 0 Å². The van der Waals surface area contributed by atoms with Crippen LogP contribution in [0.4, 0.5) is 0 Å². The van der Waals surface area contributed by atoms with Crippen molar-refractivity contribution in [2.45, 2.75) is 19.3 Å². The number of rotatable bonds is 18. The van der Waals surface area contributed by atoms with Crippen molar-refractivity contribution in [3.63, 3.8) is 0 Å². The van der Waals surface area contributed by atoms with Crippen molar-refractivity contribution in [3.8, 4) is 0 Å². The van der Waals surface area contributed by atoms with E-state index in [1.54, 1.807) is 0 Å². The molecule has 0 fully saturated rings. The summed E-state index contributed by atoms with van der Waals surface area (Å²) in [4.78, 5) is 0. The average molecular weight is 515 g/mol. The molecule has 0 saturated carbocycles. The van der Waals surface area contributed by atoms with Gasteiger partial charge in [-0.25, -0.2) is 4.57 Å². The van der Waals surface area contributed by atoms with Crippen LogP contribution in [0.15, 0.2) is 0 Å². The van der Waals surface area contributed by atoms with E-state index >= 15 is 0 Å². The fourth-order valence-corrected chi connectivity index (χ4v) is 4.84. The number of hydrogen-bond acceptors (Lipinski definition) is 4. The van der Waals surface area contributed by atoms with Gasteiger partial charge in [-0.3, -0.25) is 13.6 Å². The zero-order valence-corrected chi connectivity index (χ0v) is 20.0. The van der Waals surface area contributed by atoms with E-state index in [9.17, 15) is 4.57 Å². The van der Waals surface area contributed by atoms with E-state index in [4.69, 9.17) is 83.2 Å². The van der Waals surface area contributed by atoms with Gasteiger partial charge in [0, 0.05) is 35.3 Å². The molecule has 0 aromatic rings. The van der Waals surface area contributed by atoms with Gasteiger partial charge in [0.05, 0.1) is 19.8 Å². The normalized spacial score (nSPS) is 17.6. The lowest BCUT2D eigenvalue weighted by molar-refractivity contribution is 0.0834. The van der Waals surface area contributed by atoms with Gasteiger partial charge in [-0.05, 0) is 37.0 Å². The molecule has 0 bridgehead atoms. The molecule has 158 valence electrons. The van der Waals surface area contributed by atoms with Gasteiger partial charge < -0.3 is 0 Å². The Labute approximate surface area is 187 Å². The van der Waals surface area contributed by atoms with Gasteiger partial charge in [0.25, 0.3) is 0 Å². The Bertz CT molecular complexity index is 328. The van der Waals surface area contributed by atoms with Crippen molar-refractivity contribution in [2.75, 3.05) is 55.1 Å². The Balaban J connectivity index is 4.84. The van der Waals surface area contributed by atoms with Gasteiger partial charge in [0.2, 0.25) is 0 Å². The van der Waals surface area contributed by atoms with E-state index < -0.39 is 7.82 Å². The summed E-state index contributed by atoms with van der Waals surface area (Å²) in [6, 6.07) is 0. The monoisotopic (exact) mass is 512 g/mol. The topological polar surface area (TPSA) is 44.8 Å². The van der Waals surface area contributed by atoms with Crippen molar-refractivity contribution >= 4 is 77.4 Å². The lowest BCUT2D eigenvalue weighted by atomic mass is 10.1. The van der Waals surface area contributed by atoms with Crippen LogP contribution in [0.25, 0.3) is 0 Å². The number of hydrogen-bond donors (Lipinski definition) is 0. The summed E-state index contributed by atoms with van der Waals surface area (Å²) in [6.45, 7) is 0.362. The van der Waals surface area contributed by atoms with Crippen LogP contribution in [-0.2, 0) is 18.1 Å². The molecule has 26 heavy (non-hydrogen) atoms. The molecule has 11 heteroatoms. The average Bonchev–Trinajstić information content (AvgIpc) is 2.65. The molecule has 0 aliphatic heterocycles. The highest BCUT2D eigenvalue weighted by Crippen LogP contribution is 2.51. The summed E-state index contributed by atoms with van der Waals surface area (Å²) in [5.74, 6) is 2.15. The van der Waals surface area contributed by atoms with Crippen LogP contribution in [0.1, 0.15) is 19.3 Å². The minimum absolute atomic E-state index is 0.0481. The molecule has 0 aromatic carbocycles. The third-order valence-corrected chi connectivity index (χ3v) is 6.97. The predicted octanol–water partition coefficient (Wildman–Crippen LogP) is 6.60. The Morgan fingerprint density at radius 3 is 1.04 bits per heavy atom. The second-order valence-electron chi connectivity index (χ2n) is 5.83. The highest BCUT2D eigenvalue weighted by Gasteiger charge is 2.30. The predicted molar refractivity (Wildman–Crippen MR) is 114 cm³/mol. The maximum absolute atomic E-state index is 13.0. The Kier molecular flexibility index (Phi) is 18.9. The third kappa shape index (κ3) is 13.1. The molecule has 0 saturated heterocycles. The highest BCUT2D eigenvalue weighted by atomic mass is 35.5. The summed E-state index contributed by atoms with van der Waals surface area (Å²) in [5, 5.41) is 0. The molecular weight excluding hydrogens is 488 g/mol. The molecule has 4 nitrogen and oxygen atoms in total. The van der Waals surface area contributed by atoms with E-state index in [0.29, 0.717) is 54.5 Å². The summed E-state index contributed by atoms with van der Waals surface area (Å²) in [7, 11) is -3.80. The molecule has 0 aromatic heterocycles. The molecular formula is C15H27Cl6O4P. The van der Waals surface area contributed by atoms with Crippen LogP contribution in [0, 0.1) is 17.8 Å². The van der Waals surface area contributed by atoms with E-state index in [2.05, 4.69) is 0 Å². The maximum atomic E-state index is 13.0. The highest BCUT2D eigenvalue weighted by molar-refractivity contribution is 7.48. The minimum Gasteiger partial charge on any atom is -0.287 e. The summed E-state index contributed by atoms with van der Waals surface area (Å²) >= 11 is 34.9. The molecule has 0 amide bonds. The van der Waals surface area contributed by atoms with Crippen LogP contribution in [0.2, 0.25) is 0 Å². The molecule has 3 unspecified atom stereocenters. The van der Waals surface area contributed by atoms with Crippen molar-refractivity contribution in [3.05, 3.63) is 0 Å².